The van der Waals surface area contributed by atoms with E-state index in [0.29, 0.717) is 5.75 Å². The first-order valence-electron chi connectivity index (χ1n) is 7.14. The molecule has 0 saturated heterocycles. The van der Waals surface area contributed by atoms with Crippen LogP contribution in [0.3, 0.4) is 0 Å². The molecule has 132 valence electrons. The van der Waals surface area contributed by atoms with Crippen molar-refractivity contribution in [1.82, 2.24) is 5.43 Å². The Balaban J connectivity index is 1.93. The van der Waals surface area contributed by atoms with Crippen LogP contribution in [0.25, 0.3) is 0 Å². The van der Waals surface area contributed by atoms with Crippen LogP contribution in [0.15, 0.2) is 52.0 Å². The molecule has 4 nitrogen and oxygen atoms in total. The van der Waals surface area contributed by atoms with Gasteiger partial charge < -0.3 is 4.74 Å². The van der Waals surface area contributed by atoms with E-state index in [1.165, 1.54) is 18.2 Å². The van der Waals surface area contributed by atoms with Gasteiger partial charge in [-0.1, -0.05) is 34.1 Å². The highest BCUT2D eigenvalue weighted by atomic mass is 79.9. The Bertz CT molecular complexity index is 792. The second kappa shape index (κ2) is 8.15. The zero-order chi connectivity index (χ0) is 18.4. The number of carbonyl (C=O) groups excluding carboxylic acids is 1. The van der Waals surface area contributed by atoms with E-state index >= 15 is 0 Å². The lowest BCUT2D eigenvalue weighted by atomic mass is 10.1. The summed E-state index contributed by atoms with van der Waals surface area (Å²) in [6.07, 6.45) is -3.54. The third kappa shape index (κ3) is 5.60. The van der Waals surface area contributed by atoms with Crippen molar-refractivity contribution in [2.45, 2.75) is 13.1 Å². The van der Waals surface area contributed by atoms with Crippen molar-refractivity contribution in [1.29, 1.82) is 0 Å². The molecular weight excluding hydrogens is 401 g/mol. The van der Waals surface area contributed by atoms with Crippen molar-refractivity contribution in [3.8, 4) is 5.75 Å². The number of rotatable bonds is 5. The molecule has 0 aliphatic rings. The minimum atomic E-state index is -4.49. The Kier molecular flexibility index (Phi) is 6.19. The van der Waals surface area contributed by atoms with Crippen molar-refractivity contribution in [2.24, 2.45) is 5.10 Å². The smallest absolute Gasteiger partial charge is 0.417 e. The molecule has 2 rings (SSSR count). The Morgan fingerprint density at radius 1 is 1.28 bits per heavy atom. The van der Waals surface area contributed by atoms with E-state index in [9.17, 15) is 18.0 Å². The van der Waals surface area contributed by atoms with Gasteiger partial charge in [-0.15, -0.1) is 0 Å². The number of ether oxygens (including phenoxy) is 1. The standard InChI is InChI=1S/C17H14BrF3N2O2/c1-11-8-13(18)6-7-15(11)25-10-16(24)23-22-9-12-4-2-3-5-14(12)17(19,20)21/h2-9H,10H2,1H3,(H,23,24). The first-order valence-corrected chi connectivity index (χ1v) is 7.94. The lowest BCUT2D eigenvalue weighted by Crippen LogP contribution is -2.25. The summed E-state index contributed by atoms with van der Waals surface area (Å²) in [5, 5.41) is 3.55. The molecule has 1 N–H and O–H groups in total. The third-order valence-corrected chi connectivity index (χ3v) is 3.65. The highest BCUT2D eigenvalue weighted by Gasteiger charge is 2.32. The van der Waals surface area contributed by atoms with Crippen LogP contribution in [0, 0.1) is 6.92 Å². The van der Waals surface area contributed by atoms with Gasteiger partial charge >= 0.3 is 6.18 Å². The fourth-order valence-corrected chi connectivity index (χ4v) is 2.47. The van der Waals surface area contributed by atoms with Gasteiger partial charge in [-0.25, -0.2) is 5.43 Å². The second-order valence-electron chi connectivity index (χ2n) is 5.08. The molecule has 8 heteroatoms. The number of nitrogens with one attached hydrogen (secondary N) is 1. The van der Waals surface area contributed by atoms with E-state index in [0.717, 1.165) is 22.3 Å². The average Bonchev–Trinajstić information content (AvgIpc) is 2.53. The number of amides is 1. The molecule has 0 atom stereocenters. The first-order chi connectivity index (χ1) is 11.8. The van der Waals surface area contributed by atoms with E-state index < -0.39 is 17.6 Å². The predicted molar refractivity (Wildman–Crippen MR) is 91.6 cm³/mol. The van der Waals surface area contributed by atoms with Crippen molar-refractivity contribution < 1.29 is 22.7 Å². The number of alkyl halides is 3. The van der Waals surface area contributed by atoms with Crippen LogP contribution >= 0.6 is 15.9 Å². The summed E-state index contributed by atoms with van der Waals surface area (Å²) < 4.78 is 44.7. The van der Waals surface area contributed by atoms with Crippen LogP contribution in [0.5, 0.6) is 5.75 Å². The number of halogens is 4. The number of carbonyl (C=O) groups is 1. The number of nitrogens with zero attached hydrogens (tertiary/aromatic N) is 1. The van der Waals surface area contributed by atoms with Crippen LogP contribution < -0.4 is 10.2 Å². The maximum atomic E-state index is 12.8. The molecule has 0 heterocycles. The summed E-state index contributed by atoms with van der Waals surface area (Å²) in [5.74, 6) is -0.0483. The molecule has 0 fully saturated rings. The Morgan fingerprint density at radius 2 is 2.00 bits per heavy atom. The monoisotopic (exact) mass is 414 g/mol. The molecule has 25 heavy (non-hydrogen) atoms. The van der Waals surface area contributed by atoms with E-state index in [1.54, 1.807) is 12.1 Å². The van der Waals surface area contributed by atoms with Gasteiger partial charge in [-0.3, -0.25) is 4.79 Å². The normalized spacial score (nSPS) is 11.6. The summed E-state index contributed by atoms with van der Waals surface area (Å²) >= 11 is 3.32. The number of hydrogen-bond donors (Lipinski definition) is 1. The molecule has 0 aromatic heterocycles. The van der Waals surface area contributed by atoms with Gasteiger partial charge in [0.2, 0.25) is 0 Å². The fraction of sp³-hybridized carbons (Fsp3) is 0.176. The Morgan fingerprint density at radius 3 is 2.68 bits per heavy atom. The summed E-state index contributed by atoms with van der Waals surface area (Å²) in [4.78, 5) is 11.7. The largest absolute Gasteiger partial charge is 0.483 e. The van der Waals surface area contributed by atoms with Crippen LogP contribution in [-0.2, 0) is 11.0 Å². The number of benzene rings is 2. The summed E-state index contributed by atoms with van der Waals surface area (Å²) in [5.41, 5.74) is 2.01. The fourth-order valence-electron chi connectivity index (χ4n) is 1.99. The number of aryl methyl sites for hydroxylation is 1. The molecule has 0 aliphatic heterocycles. The summed E-state index contributed by atoms with van der Waals surface area (Å²) in [6.45, 7) is 1.52. The van der Waals surface area contributed by atoms with Crippen LogP contribution in [0.2, 0.25) is 0 Å². The van der Waals surface area contributed by atoms with E-state index in [-0.39, 0.29) is 12.2 Å². The molecule has 1 amide bonds. The van der Waals surface area contributed by atoms with Crippen LogP contribution in [0.4, 0.5) is 13.2 Å². The van der Waals surface area contributed by atoms with E-state index in [4.69, 9.17) is 4.74 Å². The predicted octanol–water partition coefficient (Wildman–Crippen LogP) is 4.31. The molecule has 2 aromatic rings. The highest BCUT2D eigenvalue weighted by molar-refractivity contribution is 9.10. The molecule has 0 spiro atoms. The topological polar surface area (TPSA) is 50.7 Å². The van der Waals surface area contributed by atoms with Crippen LogP contribution in [-0.4, -0.2) is 18.7 Å². The van der Waals surface area contributed by atoms with Gasteiger partial charge in [-0.2, -0.15) is 18.3 Å². The van der Waals surface area contributed by atoms with Crippen molar-refractivity contribution >= 4 is 28.1 Å². The van der Waals surface area contributed by atoms with Gasteiger partial charge in [0.05, 0.1) is 11.8 Å². The number of hydrogen-bond acceptors (Lipinski definition) is 3. The first kappa shape index (κ1) is 19.0. The zero-order valence-corrected chi connectivity index (χ0v) is 14.7. The van der Waals surface area contributed by atoms with E-state index in [2.05, 4.69) is 26.5 Å². The maximum Gasteiger partial charge on any atom is 0.417 e. The third-order valence-electron chi connectivity index (χ3n) is 3.15. The average molecular weight is 415 g/mol. The van der Waals surface area contributed by atoms with Crippen molar-refractivity contribution in [3.05, 3.63) is 63.6 Å². The maximum absolute atomic E-state index is 12.8. The molecule has 0 unspecified atom stereocenters. The minimum absolute atomic E-state index is 0.139. The van der Waals surface area contributed by atoms with Gasteiger partial charge in [0.25, 0.3) is 5.91 Å². The van der Waals surface area contributed by atoms with Crippen molar-refractivity contribution in [3.63, 3.8) is 0 Å². The van der Waals surface area contributed by atoms with Crippen LogP contribution in [0.1, 0.15) is 16.7 Å². The Hall–Kier alpha value is -2.35. The van der Waals surface area contributed by atoms with Crippen molar-refractivity contribution in [2.75, 3.05) is 6.61 Å². The minimum Gasteiger partial charge on any atom is -0.483 e. The molecular formula is C17H14BrF3N2O2. The molecule has 0 aliphatic carbocycles. The van der Waals surface area contributed by atoms with E-state index in [1.807, 2.05) is 13.0 Å². The molecule has 2 aromatic carbocycles. The highest BCUT2D eigenvalue weighted by Crippen LogP contribution is 2.31. The molecule has 0 radical (unpaired) electrons. The van der Waals surface area contributed by atoms with Gasteiger partial charge in [0, 0.05) is 10.0 Å². The lowest BCUT2D eigenvalue weighted by Gasteiger charge is -2.09. The summed E-state index contributed by atoms with van der Waals surface area (Å²) in [6, 6.07) is 10.3. The molecule has 0 saturated carbocycles. The summed E-state index contributed by atoms with van der Waals surface area (Å²) in [7, 11) is 0. The SMILES string of the molecule is Cc1cc(Br)ccc1OCC(=O)NN=Cc1ccccc1C(F)(F)F. The second-order valence-corrected chi connectivity index (χ2v) is 5.99. The molecule has 0 bridgehead atoms. The quantitative estimate of drug-likeness (QED) is 0.585. The lowest BCUT2D eigenvalue weighted by molar-refractivity contribution is -0.137. The van der Waals surface area contributed by atoms with Gasteiger partial charge in [0.15, 0.2) is 6.61 Å². The van der Waals surface area contributed by atoms with Gasteiger partial charge in [0.1, 0.15) is 5.75 Å². The van der Waals surface area contributed by atoms with Gasteiger partial charge in [-0.05, 0) is 36.8 Å². The zero-order valence-electron chi connectivity index (χ0n) is 13.1. The Labute approximate surface area is 150 Å². The number of hydrazone groups is 1.